The molecule has 0 aliphatic carbocycles. The molecule has 186 valence electrons. The number of Topliss-reactive ketones (excluding diaryl/α,β-unsaturated/α-hetero) is 1. The van der Waals surface area contributed by atoms with Crippen LogP contribution in [-0.2, 0) is 10.3 Å². The molecule has 0 saturated carbocycles. The van der Waals surface area contributed by atoms with Crippen LogP contribution in [0.4, 0.5) is 11.4 Å². The van der Waals surface area contributed by atoms with Crippen molar-refractivity contribution in [2.75, 3.05) is 18.7 Å². The van der Waals surface area contributed by atoms with Crippen LogP contribution in [0.3, 0.4) is 0 Å². The topological polar surface area (TPSA) is 111 Å². The molecule has 4 atom stereocenters. The van der Waals surface area contributed by atoms with Crippen molar-refractivity contribution in [3.63, 3.8) is 0 Å². The lowest BCUT2D eigenvalue weighted by Gasteiger charge is -2.36. The van der Waals surface area contributed by atoms with Gasteiger partial charge in [0.05, 0.1) is 10.8 Å². The molecule has 1 spiro atoms. The number of hydrogen-bond donors (Lipinski definition) is 1. The molecule has 4 aliphatic rings. The Morgan fingerprint density at radius 2 is 1.89 bits per heavy atom. The number of non-ortho nitro benzene ring substituents is 1. The molecule has 1 N–H and O–H groups in total. The molecule has 2 unspecified atom stereocenters. The molecule has 4 aliphatic heterocycles. The number of amides is 1. The second-order valence-corrected chi connectivity index (χ2v) is 9.96. The van der Waals surface area contributed by atoms with Crippen LogP contribution in [-0.4, -0.2) is 40.9 Å². The summed E-state index contributed by atoms with van der Waals surface area (Å²) in [5, 5.41) is 14.7. The van der Waals surface area contributed by atoms with E-state index in [4.69, 9.17) is 9.47 Å². The maximum Gasteiger partial charge on any atom is 0.269 e. The van der Waals surface area contributed by atoms with Crippen molar-refractivity contribution in [1.82, 2.24) is 4.90 Å². The largest absolute Gasteiger partial charge is 0.454 e. The molecule has 0 aromatic heterocycles. The number of anilines is 1. The van der Waals surface area contributed by atoms with Crippen LogP contribution in [0.5, 0.6) is 11.5 Å². The molecular formula is C28H23N3O6. The maximum absolute atomic E-state index is 14.6. The van der Waals surface area contributed by atoms with Gasteiger partial charge in [-0.15, -0.1) is 0 Å². The highest BCUT2D eigenvalue weighted by atomic mass is 16.7. The van der Waals surface area contributed by atoms with Crippen molar-refractivity contribution in [2.45, 2.75) is 30.3 Å². The zero-order chi connectivity index (χ0) is 25.3. The van der Waals surface area contributed by atoms with Gasteiger partial charge in [0.1, 0.15) is 5.54 Å². The van der Waals surface area contributed by atoms with Gasteiger partial charge in [0.25, 0.3) is 5.69 Å². The van der Waals surface area contributed by atoms with Crippen molar-refractivity contribution in [3.05, 3.63) is 93.5 Å². The van der Waals surface area contributed by atoms with Crippen LogP contribution in [0.2, 0.25) is 0 Å². The summed E-state index contributed by atoms with van der Waals surface area (Å²) in [7, 11) is 0. The van der Waals surface area contributed by atoms with Gasteiger partial charge >= 0.3 is 0 Å². The quantitative estimate of drug-likeness (QED) is 0.326. The van der Waals surface area contributed by atoms with Gasteiger partial charge in [0, 0.05) is 40.9 Å². The molecule has 7 rings (SSSR count). The first-order chi connectivity index (χ1) is 18.0. The minimum Gasteiger partial charge on any atom is -0.454 e. The highest BCUT2D eigenvalue weighted by molar-refractivity contribution is 6.12. The van der Waals surface area contributed by atoms with E-state index in [1.807, 2.05) is 30.3 Å². The van der Waals surface area contributed by atoms with Crippen LogP contribution >= 0.6 is 0 Å². The van der Waals surface area contributed by atoms with Crippen LogP contribution in [0.1, 0.15) is 40.2 Å². The van der Waals surface area contributed by atoms with E-state index in [1.165, 1.54) is 6.07 Å². The van der Waals surface area contributed by atoms with E-state index >= 15 is 0 Å². The first kappa shape index (κ1) is 22.0. The Balaban J connectivity index is 1.46. The molecule has 9 heteroatoms. The van der Waals surface area contributed by atoms with Crippen molar-refractivity contribution >= 4 is 23.1 Å². The van der Waals surface area contributed by atoms with Crippen LogP contribution in [0, 0.1) is 16.0 Å². The number of nitrogens with one attached hydrogen (secondary N) is 1. The number of nitrogens with zero attached hydrogens (tertiary/aromatic N) is 2. The number of nitro groups is 1. The number of nitro benzene ring substituents is 1. The summed E-state index contributed by atoms with van der Waals surface area (Å²) in [6, 6.07) is 19.0. The number of para-hydroxylation sites is 1. The van der Waals surface area contributed by atoms with Crippen molar-refractivity contribution in [1.29, 1.82) is 0 Å². The number of carbonyl (C=O) groups is 2. The molecular weight excluding hydrogens is 474 g/mol. The van der Waals surface area contributed by atoms with Gasteiger partial charge in [0.2, 0.25) is 12.7 Å². The summed E-state index contributed by atoms with van der Waals surface area (Å²) < 4.78 is 11.0. The second-order valence-electron chi connectivity index (χ2n) is 9.96. The third-order valence-corrected chi connectivity index (χ3v) is 8.31. The van der Waals surface area contributed by atoms with Crippen LogP contribution < -0.4 is 14.8 Å². The minimum atomic E-state index is -1.22. The molecule has 0 bridgehead atoms. The Labute approximate surface area is 212 Å². The number of ether oxygens (including phenoxy) is 2. The predicted octanol–water partition coefficient (Wildman–Crippen LogP) is 4.23. The minimum absolute atomic E-state index is 0.0338. The lowest BCUT2D eigenvalue weighted by molar-refractivity contribution is -0.384. The standard InChI is InChI=1S/C28H23N3O6/c32-26(17-10-11-22-23(14-17)37-15-36-22)25-24(16-5-3-6-18(13-16)31(34)35)21-9-4-12-30(21)28(25)19-7-1-2-8-20(19)29-27(28)33/h1-3,5-8,10-11,13-14,21,24-25H,4,9,12,15H2,(H,29,33)/t21?,24-,25?,28+/m0/s1. The van der Waals surface area contributed by atoms with E-state index in [9.17, 15) is 19.7 Å². The van der Waals surface area contributed by atoms with Crippen molar-refractivity contribution in [3.8, 4) is 11.5 Å². The monoisotopic (exact) mass is 497 g/mol. The number of fused-ring (bicyclic) bond motifs is 5. The normalized spacial score (nSPS) is 27.2. The fourth-order valence-corrected chi connectivity index (χ4v) is 6.97. The van der Waals surface area contributed by atoms with E-state index in [0.29, 0.717) is 34.9 Å². The Bertz CT molecular complexity index is 1490. The van der Waals surface area contributed by atoms with Gasteiger partial charge in [0.15, 0.2) is 17.3 Å². The van der Waals surface area contributed by atoms with E-state index in [2.05, 4.69) is 10.2 Å². The number of rotatable bonds is 4. The number of hydrogen-bond acceptors (Lipinski definition) is 7. The van der Waals surface area contributed by atoms with Crippen molar-refractivity contribution < 1.29 is 24.0 Å². The fraction of sp³-hybridized carbons (Fsp3) is 0.286. The first-order valence-electron chi connectivity index (χ1n) is 12.4. The highest BCUT2D eigenvalue weighted by Gasteiger charge is 2.69. The Morgan fingerprint density at radius 3 is 2.76 bits per heavy atom. The Kier molecular flexibility index (Phi) is 4.68. The molecule has 1 amide bonds. The molecule has 3 aromatic carbocycles. The Morgan fingerprint density at radius 1 is 1.05 bits per heavy atom. The molecule has 4 heterocycles. The zero-order valence-electron chi connectivity index (χ0n) is 19.8. The summed E-state index contributed by atoms with van der Waals surface area (Å²) in [5.74, 6) is -0.594. The lowest BCUT2D eigenvalue weighted by Crippen LogP contribution is -2.52. The molecule has 2 fully saturated rings. The summed E-state index contributed by atoms with van der Waals surface area (Å²) in [6.45, 7) is 0.741. The van der Waals surface area contributed by atoms with Gasteiger partial charge in [-0.1, -0.05) is 30.3 Å². The van der Waals surface area contributed by atoms with E-state index in [1.54, 1.807) is 30.3 Å². The maximum atomic E-state index is 14.6. The number of ketones is 1. The summed E-state index contributed by atoms with van der Waals surface area (Å²) in [4.78, 5) is 42.0. The summed E-state index contributed by atoms with van der Waals surface area (Å²) in [5.41, 5.74) is 1.33. The zero-order valence-corrected chi connectivity index (χ0v) is 19.8. The SMILES string of the molecule is O=C(c1ccc2c(c1)OCO2)C1[C@@H](c2cccc([N+](=O)[O-])c2)C2CCCN2[C@@]12C(=O)Nc1ccccc12. The van der Waals surface area contributed by atoms with Crippen molar-refractivity contribution in [2.24, 2.45) is 5.92 Å². The van der Waals surface area contributed by atoms with Gasteiger partial charge in [-0.3, -0.25) is 24.6 Å². The van der Waals surface area contributed by atoms with Crippen LogP contribution in [0.25, 0.3) is 0 Å². The molecule has 2 saturated heterocycles. The van der Waals surface area contributed by atoms with E-state index < -0.39 is 22.3 Å². The molecule has 37 heavy (non-hydrogen) atoms. The predicted molar refractivity (Wildman–Crippen MR) is 133 cm³/mol. The third kappa shape index (κ3) is 2.94. The first-order valence-corrected chi connectivity index (χ1v) is 12.4. The summed E-state index contributed by atoms with van der Waals surface area (Å²) in [6.07, 6.45) is 1.66. The van der Waals surface area contributed by atoms with E-state index in [-0.39, 0.29) is 30.2 Å². The summed E-state index contributed by atoms with van der Waals surface area (Å²) >= 11 is 0. The highest BCUT2D eigenvalue weighted by Crippen LogP contribution is 2.61. The molecule has 9 nitrogen and oxygen atoms in total. The van der Waals surface area contributed by atoms with Gasteiger partial charge in [-0.05, 0) is 49.2 Å². The van der Waals surface area contributed by atoms with Crippen LogP contribution in [0.15, 0.2) is 66.7 Å². The molecule has 0 radical (unpaired) electrons. The third-order valence-electron chi connectivity index (χ3n) is 8.31. The average molecular weight is 498 g/mol. The number of benzene rings is 3. The second kappa shape index (κ2) is 7.88. The lowest BCUT2D eigenvalue weighted by atomic mass is 9.68. The molecule has 3 aromatic rings. The smallest absolute Gasteiger partial charge is 0.269 e. The average Bonchev–Trinajstić information content (AvgIpc) is 3.67. The Hall–Kier alpha value is -4.24. The number of carbonyl (C=O) groups excluding carboxylic acids is 2. The fourth-order valence-electron chi connectivity index (χ4n) is 6.97. The van der Waals surface area contributed by atoms with E-state index in [0.717, 1.165) is 18.4 Å². The van der Waals surface area contributed by atoms with Gasteiger partial charge in [-0.2, -0.15) is 0 Å². The van der Waals surface area contributed by atoms with Gasteiger partial charge < -0.3 is 14.8 Å². The van der Waals surface area contributed by atoms with Gasteiger partial charge in [-0.25, -0.2) is 0 Å².